The summed E-state index contributed by atoms with van der Waals surface area (Å²) < 4.78 is 2.65. The van der Waals surface area contributed by atoms with E-state index in [-0.39, 0.29) is 11.1 Å². The van der Waals surface area contributed by atoms with Gasteiger partial charge in [0, 0.05) is 0 Å². The van der Waals surface area contributed by atoms with E-state index in [0.29, 0.717) is 9.33 Å². The zero-order valence-electron chi connectivity index (χ0n) is 15.0. The largest absolute Gasteiger partial charge is 0.234 e. The molecule has 0 saturated heterocycles. The molecule has 0 aliphatic heterocycles. The number of nitrogens with zero attached hydrogens (tertiary/aromatic N) is 6. The molecule has 5 rings (SSSR count). The van der Waals surface area contributed by atoms with Gasteiger partial charge in [0.15, 0.2) is 11.1 Å². The van der Waals surface area contributed by atoms with Gasteiger partial charge < -0.3 is 0 Å². The molecule has 2 aromatic heterocycles. The summed E-state index contributed by atoms with van der Waals surface area (Å²) in [5.74, 6) is 0. The maximum Gasteiger partial charge on any atom is 0.165 e. The van der Waals surface area contributed by atoms with E-state index in [2.05, 4.69) is 22.1 Å². The number of aromatic nitrogens is 2. The molecule has 0 bridgehead atoms. The van der Waals surface area contributed by atoms with Crippen molar-refractivity contribution in [1.82, 2.24) is 9.97 Å². The maximum absolute atomic E-state index is 9.10. The molecule has 3 aromatic carbocycles. The summed E-state index contributed by atoms with van der Waals surface area (Å²) in [6.45, 7) is 0. The molecule has 30 heavy (non-hydrogen) atoms. The highest BCUT2D eigenvalue weighted by Gasteiger charge is 2.09. The van der Waals surface area contributed by atoms with E-state index in [1.54, 1.807) is 0 Å². The van der Waals surface area contributed by atoms with Crippen molar-refractivity contribution >= 4 is 75.8 Å². The zero-order chi connectivity index (χ0) is 20.8. The molecule has 0 unspecified atom stereocenters. The zero-order valence-corrected chi connectivity index (χ0v) is 16.6. The molecule has 2 heterocycles. The summed E-state index contributed by atoms with van der Waals surface area (Å²) >= 11 is 2.64. The molecule has 0 fully saturated rings. The van der Waals surface area contributed by atoms with Crippen LogP contribution in [0.4, 0.5) is 0 Å². The molecular formula is C22H6N6S2. The Balaban J connectivity index is 1.81. The van der Waals surface area contributed by atoms with E-state index in [1.807, 2.05) is 48.5 Å². The van der Waals surface area contributed by atoms with E-state index in [9.17, 15) is 0 Å². The molecule has 0 atom stereocenters. The molecule has 0 aliphatic rings. The topological polar surface area (TPSA) is 121 Å². The standard InChI is InChI=1S/C22H6N6S2/c23-7-15(8-24)21-27-17-3-11-1-13-5-19-18(28-22(29-19)16(9-25)10-26)4-12(13)2-14(11)6-20(17)30-21/h1-6H. The van der Waals surface area contributed by atoms with Gasteiger partial charge in [0.2, 0.25) is 0 Å². The highest BCUT2D eigenvalue weighted by Crippen LogP contribution is 2.30. The second kappa shape index (κ2) is 6.62. The van der Waals surface area contributed by atoms with Crippen LogP contribution in [0.2, 0.25) is 0 Å². The molecular weight excluding hydrogens is 412 g/mol. The summed E-state index contributed by atoms with van der Waals surface area (Å²) in [7, 11) is 0. The molecule has 0 N–H and O–H groups in total. The van der Waals surface area contributed by atoms with E-state index in [1.165, 1.54) is 22.7 Å². The average Bonchev–Trinajstić information content (AvgIpc) is 3.33. The molecule has 8 heteroatoms. The van der Waals surface area contributed by atoms with Crippen LogP contribution in [0.25, 0.3) is 53.1 Å². The number of nitriles is 4. The lowest BCUT2D eigenvalue weighted by Gasteiger charge is -2.03. The van der Waals surface area contributed by atoms with Gasteiger partial charge in [0.05, 0.1) is 20.4 Å². The van der Waals surface area contributed by atoms with Gasteiger partial charge in [-0.15, -0.1) is 22.7 Å². The maximum atomic E-state index is 9.10. The second-order valence-corrected chi connectivity index (χ2v) is 8.48. The van der Waals surface area contributed by atoms with Gasteiger partial charge in [-0.3, -0.25) is 0 Å². The Hall–Kier alpha value is -4.34. The predicted octanol–water partition coefficient (Wildman–Crippen LogP) is 3.61. The summed E-state index contributed by atoms with van der Waals surface area (Å²) in [6, 6.07) is 19.6. The Morgan fingerprint density at radius 3 is 1.30 bits per heavy atom. The number of fused-ring (bicyclic) bond motifs is 4. The third kappa shape index (κ3) is 2.65. The smallest absolute Gasteiger partial charge is 0.165 e. The first-order valence-electron chi connectivity index (χ1n) is 8.57. The Labute approximate surface area is 176 Å². The van der Waals surface area contributed by atoms with Crippen LogP contribution in [0.15, 0.2) is 36.4 Å². The fourth-order valence-corrected chi connectivity index (χ4v) is 5.18. The highest BCUT2D eigenvalue weighted by molar-refractivity contribution is 7.17. The van der Waals surface area contributed by atoms with E-state index < -0.39 is 0 Å². The number of hydrogen-bond donors (Lipinski definition) is 0. The van der Waals surface area contributed by atoms with Crippen LogP contribution in [-0.2, 0) is 0 Å². The summed E-state index contributed by atoms with van der Waals surface area (Å²) in [5.41, 5.74) is 1.51. The third-order valence-corrected chi connectivity index (χ3v) is 6.75. The first-order chi connectivity index (χ1) is 14.6. The normalized spacial score (nSPS) is 10.5. The van der Waals surface area contributed by atoms with Crippen molar-refractivity contribution in [2.24, 2.45) is 0 Å². The second-order valence-electron chi connectivity index (χ2n) is 6.42. The van der Waals surface area contributed by atoms with E-state index in [4.69, 9.17) is 21.0 Å². The number of rotatable bonds is 0. The predicted molar refractivity (Wildman–Crippen MR) is 116 cm³/mol. The first kappa shape index (κ1) is 17.7. The summed E-state index contributed by atoms with van der Waals surface area (Å²) in [5, 5.41) is 40.4. The van der Waals surface area contributed by atoms with Gasteiger partial charge in [-0.1, -0.05) is 0 Å². The van der Waals surface area contributed by atoms with Gasteiger partial charge in [-0.2, -0.15) is 21.0 Å². The molecule has 0 spiro atoms. The summed E-state index contributed by atoms with van der Waals surface area (Å²) in [6.07, 6.45) is 0. The minimum Gasteiger partial charge on any atom is -0.234 e. The molecule has 0 radical (unpaired) electrons. The van der Waals surface area contributed by atoms with Crippen molar-refractivity contribution in [1.29, 1.82) is 21.0 Å². The van der Waals surface area contributed by atoms with Crippen molar-refractivity contribution in [3.05, 3.63) is 45.7 Å². The monoisotopic (exact) mass is 418 g/mol. The van der Waals surface area contributed by atoms with Gasteiger partial charge >= 0.3 is 0 Å². The van der Waals surface area contributed by atoms with Gasteiger partial charge in [0.1, 0.15) is 33.6 Å². The molecule has 136 valence electrons. The van der Waals surface area contributed by atoms with Crippen molar-refractivity contribution < 1.29 is 0 Å². The number of hydrogen-bond acceptors (Lipinski definition) is 8. The van der Waals surface area contributed by atoms with E-state index >= 15 is 0 Å². The van der Waals surface area contributed by atoms with Crippen molar-refractivity contribution in [2.75, 3.05) is 0 Å². The highest BCUT2D eigenvalue weighted by atomic mass is 32.1. The molecule has 0 saturated carbocycles. The fraction of sp³-hybridized carbons (Fsp3) is 0. The Bertz CT molecular complexity index is 1580. The molecule has 0 aliphatic carbocycles. The van der Waals surface area contributed by atoms with Crippen molar-refractivity contribution in [2.45, 2.75) is 0 Å². The van der Waals surface area contributed by atoms with Gasteiger partial charge in [0.25, 0.3) is 0 Å². The lowest BCUT2D eigenvalue weighted by molar-refractivity contribution is 1.40. The van der Waals surface area contributed by atoms with Crippen molar-refractivity contribution in [3.8, 4) is 24.3 Å². The molecule has 5 aromatic rings. The SMILES string of the molecule is N#CC(C#N)=c1nc2cc3cc4cc5sc(=C(C#N)C#N)nc5cc4cc3cc2s1. The molecule has 0 amide bonds. The summed E-state index contributed by atoms with van der Waals surface area (Å²) in [4.78, 5) is 8.88. The third-order valence-electron chi connectivity index (χ3n) is 4.68. The fourth-order valence-electron chi connectivity index (χ4n) is 3.30. The average molecular weight is 418 g/mol. The van der Waals surface area contributed by atoms with E-state index in [0.717, 1.165) is 42.0 Å². The molecule has 6 nitrogen and oxygen atoms in total. The lowest BCUT2D eigenvalue weighted by Crippen LogP contribution is -2.00. The van der Waals surface area contributed by atoms with Gasteiger partial charge in [-0.25, -0.2) is 9.97 Å². The lowest BCUT2D eigenvalue weighted by atomic mass is 10.0. The van der Waals surface area contributed by atoms with Crippen LogP contribution in [0.3, 0.4) is 0 Å². The van der Waals surface area contributed by atoms with Gasteiger partial charge in [-0.05, 0) is 57.9 Å². The number of benzene rings is 3. The van der Waals surface area contributed by atoms with Crippen molar-refractivity contribution in [3.63, 3.8) is 0 Å². The minimum absolute atomic E-state index is 0.0124. The van der Waals surface area contributed by atoms with Crippen LogP contribution in [0, 0.1) is 45.3 Å². The number of thiazole rings is 2. The Morgan fingerprint density at radius 1 is 0.567 bits per heavy atom. The Kier molecular flexibility index (Phi) is 3.91. The van der Waals surface area contributed by atoms with Crippen LogP contribution < -0.4 is 9.33 Å². The minimum atomic E-state index is 0.0124. The Morgan fingerprint density at radius 2 is 0.933 bits per heavy atom. The quantitative estimate of drug-likeness (QED) is 0.354. The first-order valence-corrected chi connectivity index (χ1v) is 10.2. The van der Waals surface area contributed by atoms with Crippen LogP contribution in [0.1, 0.15) is 0 Å². The van der Waals surface area contributed by atoms with Crippen LogP contribution >= 0.6 is 22.7 Å². The van der Waals surface area contributed by atoms with Crippen LogP contribution in [0.5, 0.6) is 0 Å². The van der Waals surface area contributed by atoms with Crippen LogP contribution in [-0.4, -0.2) is 9.97 Å².